The zero-order valence-corrected chi connectivity index (χ0v) is 14.0. The summed E-state index contributed by atoms with van der Waals surface area (Å²) in [5.41, 5.74) is -0.00288. The van der Waals surface area contributed by atoms with E-state index in [2.05, 4.69) is 9.88 Å². The van der Waals surface area contributed by atoms with Crippen LogP contribution in [0.25, 0.3) is 0 Å². The van der Waals surface area contributed by atoms with Crippen molar-refractivity contribution in [3.63, 3.8) is 0 Å². The lowest BCUT2D eigenvalue weighted by atomic mass is 10.1. The molecule has 0 amide bonds. The van der Waals surface area contributed by atoms with Crippen LogP contribution in [-0.4, -0.2) is 54.8 Å². The number of β-amino-alcohol motifs (C(OH)–C–C–N with tert-alkyl or cyclic N) is 1. The molecule has 134 valence electrons. The number of halogens is 2. The Morgan fingerprint density at radius 3 is 2.64 bits per heavy atom. The molecule has 7 heteroatoms. The fraction of sp³-hybridized carbons (Fsp3) is 0.389. The van der Waals surface area contributed by atoms with Crippen LogP contribution in [0.2, 0.25) is 0 Å². The number of methoxy groups -OCH3 is 1. The molecule has 0 saturated carbocycles. The lowest BCUT2D eigenvalue weighted by Crippen LogP contribution is -2.47. The van der Waals surface area contributed by atoms with Crippen molar-refractivity contribution in [2.24, 2.45) is 0 Å². The summed E-state index contributed by atoms with van der Waals surface area (Å²) >= 11 is 0. The molecule has 1 N–H and O–H groups in total. The second-order valence-corrected chi connectivity index (χ2v) is 6.02. The van der Waals surface area contributed by atoms with Crippen molar-refractivity contribution in [1.29, 1.82) is 0 Å². The first-order valence-electron chi connectivity index (χ1n) is 8.17. The molecule has 0 aliphatic carbocycles. The van der Waals surface area contributed by atoms with Gasteiger partial charge < -0.3 is 14.7 Å². The largest absolute Gasteiger partial charge is 0.497 e. The number of hydrogen-bond acceptors (Lipinski definition) is 5. The molecular formula is C18H21F2N3O2. The van der Waals surface area contributed by atoms with Crippen molar-refractivity contribution in [1.82, 2.24) is 9.88 Å². The third-order valence-corrected chi connectivity index (χ3v) is 4.40. The van der Waals surface area contributed by atoms with Gasteiger partial charge in [-0.15, -0.1) is 0 Å². The molecule has 1 saturated heterocycles. The first-order valence-corrected chi connectivity index (χ1v) is 8.17. The van der Waals surface area contributed by atoms with Gasteiger partial charge in [-0.25, -0.2) is 13.8 Å². The van der Waals surface area contributed by atoms with Crippen molar-refractivity contribution in [3.8, 4) is 5.75 Å². The number of nitrogens with zero attached hydrogens (tertiary/aromatic N) is 3. The van der Waals surface area contributed by atoms with E-state index in [1.807, 2.05) is 11.0 Å². The van der Waals surface area contributed by atoms with Crippen molar-refractivity contribution in [2.75, 3.05) is 44.7 Å². The van der Waals surface area contributed by atoms with Gasteiger partial charge in [-0.05, 0) is 24.3 Å². The van der Waals surface area contributed by atoms with E-state index in [-0.39, 0.29) is 12.1 Å². The molecular weight excluding hydrogens is 328 g/mol. The van der Waals surface area contributed by atoms with Gasteiger partial charge in [0.25, 0.3) is 0 Å². The number of anilines is 1. The van der Waals surface area contributed by atoms with Crippen LogP contribution >= 0.6 is 0 Å². The molecule has 0 bridgehead atoms. The Kier molecular flexibility index (Phi) is 5.45. The van der Waals surface area contributed by atoms with E-state index in [1.54, 1.807) is 19.4 Å². The lowest BCUT2D eigenvalue weighted by molar-refractivity contribution is 0.106. The second-order valence-electron chi connectivity index (χ2n) is 6.02. The Morgan fingerprint density at radius 1 is 1.16 bits per heavy atom. The van der Waals surface area contributed by atoms with Crippen LogP contribution in [0.1, 0.15) is 11.7 Å². The number of aliphatic hydroxyl groups is 1. The van der Waals surface area contributed by atoms with Gasteiger partial charge in [0.2, 0.25) is 0 Å². The molecule has 5 nitrogen and oxygen atoms in total. The van der Waals surface area contributed by atoms with E-state index < -0.39 is 17.7 Å². The number of aromatic nitrogens is 1. The number of ether oxygens (including phenoxy) is 1. The molecule has 1 aromatic carbocycles. The van der Waals surface area contributed by atoms with Crippen molar-refractivity contribution < 1.29 is 18.6 Å². The molecule has 1 aliphatic heterocycles. The molecule has 1 unspecified atom stereocenters. The quantitative estimate of drug-likeness (QED) is 0.897. The monoisotopic (exact) mass is 349 g/mol. The average molecular weight is 349 g/mol. The highest BCUT2D eigenvalue weighted by Crippen LogP contribution is 2.22. The second kappa shape index (κ2) is 7.76. The Bertz CT molecular complexity index is 721. The zero-order valence-electron chi connectivity index (χ0n) is 14.0. The van der Waals surface area contributed by atoms with Gasteiger partial charge in [0.15, 0.2) is 0 Å². The maximum Gasteiger partial charge on any atom is 0.132 e. The SMILES string of the molecule is COc1ccnc(N2CCN(CC(O)c3cc(F)ccc3F)CC2)c1. The Morgan fingerprint density at radius 2 is 1.92 bits per heavy atom. The maximum atomic E-state index is 13.8. The number of hydrogen-bond donors (Lipinski definition) is 1. The van der Waals surface area contributed by atoms with Crippen molar-refractivity contribution in [3.05, 3.63) is 53.7 Å². The zero-order chi connectivity index (χ0) is 17.8. The molecule has 2 aromatic rings. The van der Waals surface area contributed by atoms with Crippen LogP contribution in [0, 0.1) is 11.6 Å². The summed E-state index contributed by atoms with van der Waals surface area (Å²) in [4.78, 5) is 8.52. The number of pyridine rings is 1. The first-order chi connectivity index (χ1) is 12.1. The summed E-state index contributed by atoms with van der Waals surface area (Å²) in [6.45, 7) is 3.14. The van der Waals surface area contributed by atoms with E-state index in [9.17, 15) is 13.9 Å². The summed E-state index contributed by atoms with van der Waals surface area (Å²) in [5.74, 6) is 0.456. The minimum atomic E-state index is -1.06. The van der Waals surface area contributed by atoms with Gasteiger partial charge in [-0.2, -0.15) is 0 Å². The number of benzene rings is 1. The van der Waals surface area contributed by atoms with Gasteiger partial charge in [0.05, 0.1) is 13.2 Å². The van der Waals surface area contributed by atoms with Crippen LogP contribution in [-0.2, 0) is 0 Å². The molecule has 1 atom stereocenters. The smallest absolute Gasteiger partial charge is 0.132 e. The molecule has 25 heavy (non-hydrogen) atoms. The summed E-state index contributed by atoms with van der Waals surface area (Å²) in [6, 6.07) is 6.82. The highest BCUT2D eigenvalue weighted by Gasteiger charge is 2.22. The maximum absolute atomic E-state index is 13.8. The average Bonchev–Trinajstić information content (AvgIpc) is 2.64. The third-order valence-electron chi connectivity index (χ3n) is 4.40. The fourth-order valence-corrected chi connectivity index (χ4v) is 2.97. The molecule has 1 fully saturated rings. The van der Waals surface area contributed by atoms with Crippen molar-refractivity contribution >= 4 is 5.82 Å². The number of aliphatic hydroxyl groups excluding tert-OH is 1. The van der Waals surface area contributed by atoms with E-state index in [1.165, 1.54) is 0 Å². The third kappa shape index (κ3) is 4.24. The van der Waals surface area contributed by atoms with Crippen molar-refractivity contribution in [2.45, 2.75) is 6.10 Å². The summed E-state index contributed by atoms with van der Waals surface area (Å²) in [7, 11) is 1.62. The predicted molar refractivity (Wildman–Crippen MR) is 90.8 cm³/mol. The predicted octanol–water partition coefficient (Wildman–Crippen LogP) is 2.22. The van der Waals surface area contributed by atoms with Crippen LogP contribution in [0.5, 0.6) is 5.75 Å². The number of piperazine rings is 1. The molecule has 0 radical (unpaired) electrons. The molecule has 1 aromatic heterocycles. The normalized spacial score (nSPS) is 16.7. The fourth-order valence-electron chi connectivity index (χ4n) is 2.97. The Balaban J connectivity index is 1.58. The highest BCUT2D eigenvalue weighted by atomic mass is 19.1. The number of rotatable bonds is 5. The minimum Gasteiger partial charge on any atom is -0.497 e. The Labute approximate surface area is 145 Å². The Hall–Kier alpha value is -2.25. The summed E-state index contributed by atoms with van der Waals surface area (Å²) in [5, 5.41) is 10.2. The first kappa shape index (κ1) is 17.6. The van der Waals surface area contributed by atoms with Crippen LogP contribution < -0.4 is 9.64 Å². The van der Waals surface area contributed by atoms with Gasteiger partial charge in [0.1, 0.15) is 23.2 Å². The molecule has 3 rings (SSSR count). The summed E-state index contributed by atoms with van der Waals surface area (Å²) in [6.07, 6.45) is 0.647. The highest BCUT2D eigenvalue weighted by molar-refractivity contribution is 5.44. The van der Waals surface area contributed by atoms with Gasteiger partial charge in [0, 0.05) is 50.6 Å². The van der Waals surface area contributed by atoms with Gasteiger partial charge in [-0.1, -0.05) is 0 Å². The molecule has 2 heterocycles. The van der Waals surface area contributed by atoms with Crippen LogP contribution in [0.3, 0.4) is 0 Å². The van der Waals surface area contributed by atoms with E-state index in [0.717, 1.165) is 42.9 Å². The van der Waals surface area contributed by atoms with Gasteiger partial charge in [-0.3, -0.25) is 4.90 Å². The molecule has 1 aliphatic rings. The van der Waals surface area contributed by atoms with E-state index >= 15 is 0 Å². The van der Waals surface area contributed by atoms with Crippen LogP contribution in [0.4, 0.5) is 14.6 Å². The summed E-state index contributed by atoms with van der Waals surface area (Å²) < 4.78 is 32.2. The lowest BCUT2D eigenvalue weighted by Gasteiger charge is -2.36. The standard InChI is InChI=1S/C18H21F2N3O2/c1-25-14-4-5-21-18(11-14)23-8-6-22(7-9-23)12-17(24)15-10-13(19)2-3-16(15)20/h2-5,10-11,17,24H,6-9,12H2,1H3. The van der Waals surface area contributed by atoms with E-state index in [0.29, 0.717) is 13.1 Å². The minimum absolute atomic E-state index is 0.00288. The topological polar surface area (TPSA) is 48.8 Å². The molecule has 0 spiro atoms. The van der Waals surface area contributed by atoms with Crippen LogP contribution in [0.15, 0.2) is 36.5 Å². The van der Waals surface area contributed by atoms with Gasteiger partial charge >= 0.3 is 0 Å². The van der Waals surface area contributed by atoms with E-state index in [4.69, 9.17) is 4.74 Å².